The molecule has 0 radical (unpaired) electrons. The molecule has 0 spiro atoms. The highest BCUT2D eigenvalue weighted by molar-refractivity contribution is 6.31. The van der Waals surface area contributed by atoms with E-state index in [0.717, 1.165) is 11.1 Å². The molecule has 2 amide bonds. The molecule has 3 aromatic carbocycles. The highest BCUT2D eigenvalue weighted by Crippen LogP contribution is 2.34. The van der Waals surface area contributed by atoms with Gasteiger partial charge in [0.15, 0.2) is 17.3 Å². The Hall–Kier alpha value is -4.23. The van der Waals surface area contributed by atoms with Crippen LogP contribution in [0.15, 0.2) is 77.2 Å². The number of amides is 2. The van der Waals surface area contributed by atoms with Crippen LogP contribution in [0.4, 0.5) is 5.69 Å². The molecule has 0 saturated carbocycles. The third-order valence-corrected chi connectivity index (χ3v) is 6.58. The maximum atomic E-state index is 13.3. The Bertz CT molecular complexity index is 1480. The number of hydrogen-bond donors (Lipinski definition) is 1. The number of carbonyl (C=O) groups is 2. The van der Waals surface area contributed by atoms with Crippen LogP contribution in [0.3, 0.4) is 0 Å². The Labute approximate surface area is 219 Å². The number of hydrogen-bond acceptors (Lipinski definition) is 5. The predicted molar refractivity (Wildman–Crippen MR) is 142 cm³/mol. The van der Waals surface area contributed by atoms with E-state index in [0.29, 0.717) is 58.6 Å². The van der Waals surface area contributed by atoms with Crippen molar-refractivity contribution < 1.29 is 23.5 Å². The standard InChI is InChI=1S/C29H25ClN2O5/c1-35-26-15-18-12-13-32(17-20(18)16-27(26)36-2)29(34)25-11-10-24(37-25)22-8-3-4-9-23(22)31-28(33)19-6-5-7-21(30)14-19/h3-11,14-16H,12-13,17H2,1-2H3,(H,31,33). The number of anilines is 1. The van der Waals surface area contributed by atoms with Gasteiger partial charge in [0.1, 0.15) is 5.76 Å². The van der Waals surface area contributed by atoms with E-state index in [4.69, 9.17) is 25.5 Å². The van der Waals surface area contributed by atoms with Crippen molar-refractivity contribution in [2.75, 3.05) is 26.1 Å². The molecule has 0 unspecified atom stereocenters. The second-order valence-corrected chi connectivity index (χ2v) is 9.06. The van der Waals surface area contributed by atoms with Gasteiger partial charge in [0.2, 0.25) is 0 Å². The molecule has 8 heteroatoms. The number of halogens is 1. The Morgan fingerprint density at radius 2 is 1.68 bits per heavy atom. The lowest BCUT2D eigenvalue weighted by Gasteiger charge is -2.29. The molecule has 2 heterocycles. The van der Waals surface area contributed by atoms with Crippen molar-refractivity contribution in [3.63, 3.8) is 0 Å². The molecular formula is C29H25ClN2O5. The van der Waals surface area contributed by atoms with Crippen molar-refractivity contribution in [3.05, 3.63) is 100 Å². The van der Waals surface area contributed by atoms with Gasteiger partial charge in [-0.1, -0.05) is 29.8 Å². The average molecular weight is 517 g/mol. The summed E-state index contributed by atoms with van der Waals surface area (Å²) in [6.45, 7) is 1.00. The van der Waals surface area contributed by atoms with Gasteiger partial charge in [-0.15, -0.1) is 0 Å². The van der Waals surface area contributed by atoms with Crippen molar-refractivity contribution in [1.82, 2.24) is 4.90 Å². The monoisotopic (exact) mass is 516 g/mol. The van der Waals surface area contributed by atoms with Crippen molar-refractivity contribution in [2.45, 2.75) is 13.0 Å². The van der Waals surface area contributed by atoms with Gasteiger partial charge in [0.25, 0.3) is 11.8 Å². The predicted octanol–water partition coefficient (Wildman–Crippen LogP) is 6.07. The summed E-state index contributed by atoms with van der Waals surface area (Å²) in [5.74, 6) is 1.53. The van der Waals surface area contributed by atoms with Gasteiger partial charge in [-0.25, -0.2) is 0 Å². The summed E-state index contributed by atoms with van der Waals surface area (Å²) in [5, 5.41) is 3.39. The number of rotatable bonds is 6. The van der Waals surface area contributed by atoms with Crippen LogP contribution in [0.1, 0.15) is 32.0 Å². The van der Waals surface area contributed by atoms with Crippen LogP contribution in [0.25, 0.3) is 11.3 Å². The van der Waals surface area contributed by atoms with E-state index in [-0.39, 0.29) is 17.6 Å². The number of ether oxygens (including phenoxy) is 2. The van der Waals surface area contributed by atoms with E-state index >= 15 is 0 Å². The molecular weight excluding hydrogens is 492 g/mol. The molecule has 188 valence electrons. The van der Waals surface area contributed by atoms with Gasteiger partial charge >= 0.3 is 0 Å². The van der Waals surface area contributed by atoms with E-state index in [9.17, 15) is 9.59 Å². The lowest BCUT2D eigenvalue weighted by molar-refractivity contribution is 0.0703. The van der Waals surface area contributed by atoms with E-state index in [1.165, 1.54) is 0 Å². The first-order valence-corrected chi connectivity index (χ1v) is 12.1. The quantitative estimate of drug-likeness (QED) is 0.336. The second-order valence-electron chi connectivity index (χ2n) is 8.63. The fourth-order valence-electron chi connectivity index (χ4n) is 4.44. The van der Waals surface area contributed by atoms with E-state index in [2.05, 4.69) is 5.32 Å². The molecule has 5 rings (SSSR count). The fourth-order valence-corrected chi connectivity index (χ4v) is 4.63. The first-order valence-electron chi connectivity index (χ1n) is 11.8. The third-order valence-electron chi connectivity index (χ3n) is 6.35. The zero-order valence-corrected chi connectivity index (χ0v) is 21.2. The number of nitrogens with one attached hydrogen (secondary N) is 1. The summed E-state index contributed by atoms with van der Waals surface area (Å²) < 4.78 is 16.8. The van der Waals surface area contributed by atoms with Crippen LogP contribution in [0, 0.1) is 0 Å². The number of furan rings is 1. The van der Waals surface area contributed by atoms with Crippen LogP contribution in [-0.4, -0.2) is 37.5 Å². The first kappa shape index (κ1) is 24.5. The van der Waals surface area contributed by atoms with E-state index in [1.54, 1.807) is 61.6 Å². The molecule has 1 aliphatic rings. The Balaban J connectivity index is 1.35. The number of carbonyl (C=O) groups excluding carboxylic acids is 2. The third kappa shape index (κ3) is 5.04. The highest BCUT2D eigenvalue weighted by Gasteiger charge is 2.26. The molecule has 1 aromatic heterocycles. The Kier molecular flexibility index (Phi) is 6.88. The summed E-state index contributed by atoms with van der Waals surface area (Å²) >= 11 is 6.03. The first-order chi connectivity index (χ1) is 18.0. The van der Waals surface area contributed by atoms with Gasteiger partial charge in [-0.05, 0) is 72.1 Å². The summed E-state index contributed by atoms with van der Waals surface area (Å²) in [6.07, 6.45) is 0.702. The number of methoxy groups -OCH3 is 2. The molecule has 0 bridgehead atoms. The maximum Gasteiger partial charge on any atom is 0.289 e. The van der Waals surface area contributed by atoms with Crippen LogP contribution in [0.2, 0.25) is 5.02 Å². The van der Waals surface area contributed by atoms with Crippen molar-refractivity contribution in [3.8, 4) is 22.8 Å². The van der Waals surface area contributed by atoms with Gasteiger partial charge in [-0.3, -0.25) is 9.59 Å². The summed E-state index contributed by atoms with van der Waals surface area (Å²) in [7, 11) is 3.20. The second kappa shape index (κ2) is 10.4. The maximum absolute atomic E-state index is 13.3. The topological polar surface area (TPSA) is 81.0 Å². The molecule has 4 aromatic rings. The van der Waals surface area contributed by atoms with Crippen LogP contribution >= 0.6 is 11.6 Å². The molecule has 0 aliphatic carbocycles. The minimum atomic E-state index is -0.295. The molecule has 7 nitrogen and oxygen atoms in total. The number of fused-ring (bicyclic) bond motifs is 1. The zero-order valence-electron chi connectivity index (χ0n) is 20.4. The van der Waals surface area contributed by atoms with Gasteiger partial charge in [0, 0.05) is 29.2 Å². The molecule has 1 aliphatic heterocycles. The fraction of sp³-hybridized carbons (Fsp3) is 0.172. The van der Waals surface area contributed by atoms with Crippen LogP contribution < -0.4 is 14.8 Å². The average Bonchev–Trinajstić information content (AvgIpc) is 3.42. The molecule has 0 atom stereocenters. The van der Waals surface area contributed by atoms with Gasteiger partial charge in [0.05, 0.1) is 19.9 Å². The van der Waals surface area contributed by atoms with Crippen molar-refractivity contribution in [1.29, 1.82) is 0 Å². The van der Waals surface area contributed by atoms with Crippen molar-refractivity contribution in [2.24, 2.45) is 0 Å². The minimum absolute atomic E-state index is 0.202. The normalized spacial score (nSPS) is 12.6. The number of para-hydroxylation sites is 1. The number of benzene rings is 3. The largest absolute Gasteiger partial charge is 0.493 e. The molecule has 37 heavy (non-hydrogen) atoms. The highest BCUT2D eigenvalue weighted by atomic mass is 35.5. The lowest BCUT2D eigenvalue weighted by atomic mass is 9.98. The van der Waals surface area contributed by atoms with Gasteiger partial charge < -0.3 is 24.1 Å². The van der Waals surface area contributed by atoms with Crippen molar-refractivity contribution >= 4 is 29.1 Å². The van der Waals surface area contributed by atoms with E-state index in [1.807, 2.05) is 30.3 Å². The Morgan fingerprint density at radius 1 is 0.919 bits per heavy atom. The van der Waals surface area contributed by atoms with Crippen LogP contribution in [-0.2, 0) is 13.0 Å². The van der Waals surface area contributed by atoms with E-state index < -0.39 is 0 Å². The number of nitrogens with zero attached hydrogens (tertiary/aromatic N) is 1. The zero-order chi connectivity index (χ0) is 25.9. The summed E-state index contributed by atoms with van der Waals surface area (Å²) in [4.78, 5) is 27.8. The van der Waals surface area contributed by atoms with Gasteiger partial charge in [-0.2, -0.15) is 0 Å². The SMILES string of the molecule is COc1cc2c(cc1OC)CN(C(=O)c1ccc(-c3ccccc3NC(=O)c3cccc(Cl)c3)o1)CC2. The molecule has 0 fully saturated rings. The molecule has 0 saturated heterocycles. The molecule has 1 N–H and O–H groups in total. The minimum Gasteiger partial charge on any atom is -0.493 e. The smallest absolute Gasteiger partial charge is 0.289 e. The van der Waals surface area contributed by atoms with Crippen LogP contribution in [0.5, 0.6) is 11.5 Å². The lowest BCUT2D eigenvalue weighted by Crippen LogP contribution is -2.35. The Morgan fingerprint density at radius 3 is 2.43 bits per heavy atom. The summed E-state index contributed by atoms with van der Waals surface area (Å²) in [5.41, 5.74) is 3.81. The summed E-state index contributed by atoms with van der Waals surface area (Å²) in [6, 6.07) is 21.3.